The first kappa shape index (κ1) is 4.91. The Hall–Kier alpha value is -0.920. The van der Waals surface area contributed by atoms with E-state index in [4.69, 9.17) is 0 Å². The van der Waals surface area contributed by atoms with Crippen LogP contribution in [0.1, 0.15) is 24.3 Å². The van der Waals surface area contributed by atoms with Crippen LogP contribution >= 0.6 is 0 Å². The third kappa shape index (κ3) is 0.922. The molecule has 1 aliphatic carbocycles. The molecule has 0 aliphatic heterocycles. The molecule has 0 spiro atoms. The maximum Gasteiger partial charge on any atom is 0.0578 e. The van der Waals surface area contributed by atoms with Crippen LogP contribution in [0.2, 0.25) is 0 Å². The van der Waals surface area contributed by atoms with Crippen LogP contribution < -0.4 is 0 Å². The van der Waals surface area contributed by atoms with E-state index >= 15 is 0 Å². The predicted octanol–water partition coefficient (Wildman–Crippen LogP) is 1.15. The lowest BCUT2D eigenvalue weighted by atomic mass is 10.2. The first-order valence-electron chi connectivity index (χ1n) is 3.15. The van der Waals surface area contributed by atoms with Gasteiger partial charge in [0.2, 0.25) is 0 Å². The van der Waals surface area contributed by atoms with Gasteiger partial charge in [0.15, 0.2) is 0 Å². The minimum Gasteiger partial charge on any atom is -0.159 e. The van der Waals surface area contributed by atoms with Crippen molar-refractivity contribution in [1.82, 2.24) is 10.2 Å². The fourth-order valence-electron chi connectivity index (χ4n) is 0.887. The first-order chi connectivity index (χ1) is 4.47. The van der Waals surface area contributed by atoms with Crippen molar-refractivity contribution < 1.29 is 0 Å². The van der Waals surface area contributed by atoms with Gasteiger partial charge >= 0.3 is 0 Å². The topological polar surface area (TPSA) is 25.8 Å². The van der Waals surface area contributed by atoms with E-state index in [2.05, 4.69) is 16.3 Å². The second kappa shape index (κ2) is 1.79. The molecule has 0 aromatic carbocycles. The zero-order valence-electron chi connectivity index (χ0n) is 5.04. The van der Waals surface area contributed by atoms with Crippen molar-refractivity contribution in [3.63, 3.8) is 0 Å². The van der Waals surface area contributed by atoms with Gasteiger partial charge in [0.25, 0.3) is 0 Å². The molecular weight excluding hydrogens is 112 g/mol. The van der Waals surface area contributed by atoms with Crippen molar-refractivity contribution >= 4 is 0 Å². The number of rotatable bonds is 1. The van der Waals surface area contributed by atoms with E-state index in [-0.39, 0.29) is 0 Å². The Morgan fingerprint density at radius 3 is 2.89 bits per heavy atom. The maximum atomic E-state index is 3.76. The molecule has 0 saturated heterocycles. The summed E-state index contributed by atoms with van der Waals surface area (Å²) < 4.78 is 0. The SMILES string of the molecule is [c]1cnncc1C1CC1. The van der Waals surface area contributed by atoms with E-state index in [1.807, 2.05) is 0 Å². The van der Waals surface area contributed by atoms with Crippen LogP contribution in [0.15, 0.2) is 12.4 Å². The van der Waals surface area contributed by atoms with Gasteiger partial charge < -0.3 is 0 Å². The fraction of sp³-hybridized carbons (Fsp3) is 0.429. The highest BCUT2D eigenvalue weighted by molar-refractivity contribution is 5.15. The smallest absolute Gasteiger partial charge is 0.0578 e. The van der Waals surface area contributed by atoms with Crippen LogP contribution in [-0.4, -0.2) is 10.2 Å². The summed E-state index contributed by atoms with van der Waals surface area (Å²) in [5, 5.41) is 7.41. The molecule has 1 aliphatic rings. The molecule has 1 aromatic heterocycles. The summed E-state index contributed by atoms with van der Waals surface area (Å²) in [5.41, 5.74) is 1.23. The van der Waals surface area contributed by atoms with Crippen molar-refractivity contribution in [2.75, 3.05) is 0 Å². The molecule has 1 heterocycles. The van der Waals surface area contributed by atoms with Gasteiger partial charge in [-0.1, -0.05) is 0 Å². The Balaban J connectivity index is 2.29. The lowest BCUT2D eigenvalue weighted by molar-refractivity contribution is 0.974. The lowest BCUT2D eigenvalue weighted by Crippen LogP contribution is -1.83. The second-order valence-electron chi connectivity index (χ2n) is 2.36. The average Bonchev–Trinajstić information content (AvgIpc) is 2.71. The molecule has 1 saturated carbocycles. The van der Waals surface area contributed by atoms with E-state index in [1.54, 1.807) is 12.4 Å². The Morgan fingerprint density at radius 1 is 1.44 bits per heavy atom. The van der Waals surface area contributed by atoms with Crippen molar-refractivity contribution in [3.8, 4) is 0 Å². The molecule has 0 unspecified atom stereocenters. The normalized spacial score (nSPS) is 17.8. The summed E-state index contributed by atoms with van der Waals surface area (Å²) >= 11 is 0. The molecule has 2 heteroatoms. The average molecular weight is 119 g/mol. The monoisotopic (exact) mass is 119 g/mol. The molecule has 1 aromatic rings. The molecule has 45 valence electrons. The molecule has 0 N–H and O–H groups in total. The van der Waals surface area contributed by atoms with Crippen LogP contribution in [0.3, 0.4) is 0 Å². The largest absolute Gasteiger partial charge is 0.159 e. The van der Waals surface area contributed by atoms with E-state index < -0.39 is 0 Å². The van der Waals surface area contributed by atoms with Crippen LogP contribution in [0.4, 0.5) is 0 Å². The molecule has 2 nitrogen and oxygen atoms in total. The molecular formula is C7H7N2. The zero-order chi connectivity index (χ0) is 6.10. The minimum atomic E-state index is 0.750. The van der Waals surface area contributed by atoms with Gasteiger partial charge in [-0.15, -0.1) is 0 Å². The molecule has 0 amide bonds. The predicted molar refractivity (Wildman–Crippen MR) is 32.8 cm³/mol. The van der Waals surface area contributed by atoms with Gasteiger partial charge in [0.05, 0.1) is 12.4 Å². The number of hydrogen-bond donors (Lipinski definition) is 0. The van der Waals surface area contributed by atoms with Crippen LogP contribution in [0.5, 0.6) is 0 Å². The van der Waals surface area contributed by atoms with Crippen molar-refractivity contribution in [1.29, 1.82) is 0 Å². The zero-order valence-corrected chi connectivity index (χ0v) is 5.04. The van der Waals surface area contributed by atoms with Gasteiger partial charge in [-0.2, -0.15) is 10.2 Å². The van der Waals surface area contributed by atoms with E-state index in [0.717, 1.165) is 5.92 Å². The molecule has 0 bridgehead atoms. The molecule has 9 heavy (non-hydrogen) atoms. The van der Waals surface area contributed by atoms with Crippen molar-refractivity contribution in [2.45, 2.75) is 18.8 Å². The second-order valence-corrected chi connectivity index (χ2v) is 2.36. The molecule has 2 rings (SSSR count). The summed E-state index contributed by atoms with van der Waals surface area (Å²) in [6, 6.07) is 3.06. The Kier molecular flexibility index (Phi) is 0.979. The van der Waals surface area contributed by atoms with Crippen LogP contribution in [0.25, 0.3) is 0 Å². The third-order valence-electron chi connectivity index (χ3n) is 1.57. The summed E-state index contributed by atoms with van der Waals surface area (Å²) in [6.07, 6.45) is 6.05. The molecule has 1 fully saturated rings. The summed E-state index contributed by atoms with van der Waals surface area (Å²) in [4.78, 5) is 0. The van der Waals surface area contributed by atoms with Gasteiger partial charge in [-0.3, -0.25) is 0 Å². The van der Waals surface area contributed by atoms with E-state index in [0.29, 0.717) is 0 Å². The number of hydrogen-bond acceptors (Lipinski definition) is 2. The van der Waals surface area contributed by atoms with Gasteiger partial charge in [-0.25, -0.2) is 0 Å². The Labute approximate surface area is 53.9 Å². The lowest BCUT2D eigenvalue weighted by Gasteiger charge is -1.89. The van der Waals surface area contributed by atoms with Gasteiger partial charge in [-0.05, 0) is 24.3 Å². The Morgan fingerprint density at radius 2 is 2.33 bits per heavy atom. The highest BCUT2D eigenvalue weighted by atomic mass is 15.1. The third-order valence-corrected chi connectivity index (χ3v) is 1.57. The van der Waals surface area contributed by atoms with Crippen LogP contribution in [0, 0.1) is 6.07 Å². The standard InChI is InChI=1S/C7H7N2/c1-2-6(1)7-3-4-8-9-5-7/h4-6H,1-2H2. The molecule has 0 atom stereocenters. The van der Waals surface area contributed by atoms with Gasteiger partial charge in [0.1, 0.15) is 0 Å². The molecule has 1 radical (unpaired) electrons. The number of nitrogens with zero attached hydrogens (tertiary/aromatic N) is 2. The van der Waals surface area contributed by atoms with Gasteiger partial charge in [0, 0.05) is 6.07 Å². The van der Waals surface area contributed by atoms with E-state index in [9.17, 15) is 0 Å². The van der Waals surface area contributed by atoms with Crippen LogP contribution in [-0.2, 0) is 0 Å². The van der Waals surface area contributed by atoms with Crippen molar-refractivity contribution in [3.05, 3.63) is 24.0 Å². The quantitative estimate of drug-likeness (QED) is 0.554. The van der Waals surface area contributed by atoms with E-state index in [1.165, 1.54) is 18.4 Å². The maximum absolute atomic E-state index is 3.76. The highest BCUT2D eigenvalue weighted by Gasteiger charge is 2.23. The highest BCUT2D eigenvalue weighted by Crippen LogP contribution is 2.38. The van der Waals surface area contributed by atoms with Crippen molar-refractivity contribution in [2.24, 2.45) is 0 Å². The first-order valence-corrected chi connectivity index (χ1v) is 3.15. The minimum absolute atomic E-state index is 0.750. The summed E-state index contributed by atoms with van der Waals surface area (Å²) in [7, 11) is 0. The fourth-order valence-corrected chi connectivity index (χ4v) is 0.887. The summed E-state index contributed by atoms with van der Waals surface area (Å²) in [6.45, 7) is 0. The Bertz CT molecular complexity index is 191. The number of aromatic nitrogens is 2. The summed E-state index contributed by atoms with van der Waals surface area (Å²) in [5.74, 6) is 0.750.